The molecule has 4 rings (SSSR count). The summed E-state index contributed by atoms with van der Waals surface area (Å²) in [5.74, 6) is -1.43. The van der Waals surface area contributed by atoms with Gasteiger partial charge in [-0.1, -0.05) is 36.4 Å². The summed E-state index contributed by atoms with van der Waals surface area (Å²) in [6.07, 6.45) is 2.57. The van der Waals surface area contributed by atoms with Crippen molar-refractivity contribution in [1.29, 1.82) is 5.26 Å². The highest BCUT2D eigenvalue weighted by Gasteiger charge is 2.17. The van der Waals surface area contributed by atoms with E-state index < -0.39 is 17.8 Å². The summed E-state index contributed by atoms with van der Waals surface area (Å²) in [7, 11) is 0. The molecule has 0 radical (unpaired) electrons. The lowest BCUT2D eigenvalue weighted by Gasteiger charge is -2.16. The number of halogens is 2. The lowest BCUT2D eigenvalue weighted by Crippen LogP contribution is -2.28. The largest absolute Gasteiger partial charge is 0.381 e. The van der Waals surface area contributed by atoms with E-state index in [1.165, 1.54) is 30.7 Å². The second-order valence-corrected chi connectivity index (χ2v) is 7.95. The van der Waals surface area contributed by atoms with Gasteiger partial charge >= 0.3 is 0 Å². The number of pyridine rings is 1. The second-order valence-electron chi connectivity index (χ2n) is 7.95. The molecule has 1 amide bonds. The minimum atomic E-state index is -0.685. The molecule has 0 bridgehead atoms. The van der Waals surface area contributed by atoms with Crippen LogP contribution in [0.3, 0.4) is 0 Å². The predicted molar refractivity (Wildman–Crippen MR) is 130 cm³/mol. The fraction of sp³-hybridized carbons (Fsp3) is 0.115. The number of aromatic nitrogens is 3. The van der Waals surface area contributed by atoms with Crippen molar-refractivity contribution in [3.05, 3.63) is 101 Å². The standard InChI is InChI=1S/C26H21F2N7O/c1-15(18-6-8-20(27)9-7-18)35-26(36)21-10-17(11-29)13-32-25(21)31-12-16-2-4-19(5-3-16)23-22(28)24(30)34-14-33-23/h2-10,13-15H,12H2,1H3,(H,31,32)(H,35,36)(H2,30,33,34). The minimum absolute atomic E-state index is 0.102. The highest BCUT2D eigenvalue weighted by molar-refractivity contribution is 5.99. The Bertz CT molecular complexity index is 1430. The molecular weight excluding hydrogens is 464 g/mol. The number of nitrogens with two attached hydrogens (primary N) is 1. The molecule has 4 aromatic rings. The molecule has 0 saturated heterocycles. The molecule has 2 aromatic heterocycles. The first kappa shape index (κ1) is 24.2. The Kier molecular flexibility index (Phi) is 7.11. The zero-order chi connectivity index (χ0) is 25.7. The van der Waals surface area contributed by atoms with E-state index in [0.717, 1.165) is 11.1 Å². The van der Waals surface area contributed by atoms with Crippen LogP contribution in [0.5, 0.6) is 0 Å². The molecule has 2 heterocycles. The highest BCUT2D eigenvalue weighted by Crippen LogP contribution is 2.24. The predicted octanol–water partition coefficient (Wildman–Crippen LogP) is 4.37. The summed E-state index contributed by atoms with van der Waals surface area (Å²) in [4.78, 5) is 24.8. The summed E-state index contributed by atoms with van der Waals surface area (Å²) in [6, 6.07) is 15.8. The number of anilines is 2. The van der Waals surface area contributed by atoms with E-state index in [0.29, 0.717) is 12.1 Å². The highest BCUT2D eigenvalue weighted by atomic mass is 19.1. The topological polar surface area (TPSA) is 130 Å². The van der Waals surface area contributed by atoms with Gasteiger partial charge in [0, 0.05) is 18.3 Å². The number of amides is 1. The van der Waals surface area contributed by atoms with Gasteiger partial charge in [-0.05, 0) is 36.2 Å². The fourth-order valence-electron chi connectivity index (χ4n) is 3.50. The molecule has 180 valence electrons. The van der Waals surface area contributed by atoms with Gasteiger partial charge in [0.15, 0.2) is 11.6 Å². The van der Waals surface area contributed by atoms with Gasteiger partial charge in [0.05, 0.1) is 17.2 Å². The molecule has 0 aliphatic carbocycles. The number of nitrogens with zero attached hydrogens (tertiary/aromatic N) is 4. The van der Waals surface area contributed by atoms with Gasteiger partial charge in [-0.25, -0.2) is 23.7 Å². The van der Waals surface area contributed by atoms with Crippen LogP contribution in [0.25, 0.3) is 11.3 Å². The van der Waals surface area contributed by atoms with Crippen LogP contribution < -0.4 is 16.4 Å². The molecule has 0 spiro atoms. The Balaban J connectivity index is 1.49. The third-order valence-electron chi connectivity index (χ3n) is 5.48. The summed E-state index contributed by atoms with van der Waals surface area (Å²) < 4.78 is 27.4. The van der Waals surface area contributed by atoms with Crippen LogP contribution in [0, 0.1) is 23.0 Å². The number of benzene rings is 2. The van der Waals surface area contributed by atoms with Crippen LogP contribution >= 0.6 is 0 Å². The van der Waals surface area contributed by atoms with Gasteiger partial charge in [-0.3, -0.25) is 4.79 Å². The van der Waals surface area contributed by atoms with Gasteiger partial charge in [0.2, 0.25) is 0 Å². The molecule has 2 aromatic carbocycles. The molecule has 1 atom stereocenters. The third kappa shape index (κ3) is 5.42. The average molecular weight is 485 g/mol. The molecule has 0 saturated carbocycles. The first-order valence-electron chi connectivity index (χ1n) is 10.9. The van der Waals surface area contributed by atoms with Gasteiger partial charge in [-0.15, -0.1) is 0 Å². The SMILES string of the molecule is CC(NC(=O)c1cc(C#N)cnc1NCc1ccc(-c2ncnc(N)c2F)cc1)c1ccc(F)cc1. The van der Waals surface area contributed by atoms with Crippen LogP contribution in [0.1, 0.15) is 40.0 Å². The molecule has 36 heavy (non-hydrogen) atoms. The number of nitrogens with one attached hydrogen (secondary N) is 2. The van der Waals surface area contributed by atoms with Crippen LogP contribution in [0.2, 0.25) is 0 Å². The van der Waals surface area contributed by atoms with E-state index in [2.05, 4.69) is 25.6 Å². The van der Waals surface area contributed by atoms with Crippen molar-refractivity contribution in [3.63, 3.8) is 0 Å². The van der Waals surface area contributed by atoms with Gasteiger partial charge in [-0.2, -0.15) is 5.26 Å². The number of carbonyl (C=O) groups is 1. The molecule has 8 nitrogen and oxygen atoms in total. The summed E-state index contributed by atoms with van der Waals surface area (Å²) in [5, 5.41) is 15.2. The number of nitriles is 1. The van der Waals surface area contributed by atoms with E-state index in [1.54, 1.807) is 43.3 Å². The maximum atomic E-state index is 14.2. The quantitative estimate of drug-likeness (QED) is 0.354. The van der Waals surface area contributed by atoms with Crippen LogP contribution in [-0.2, 0) is 6.54 Å². The molecular formula is C26H21F2N7O. The Morgan fingerprint density at radius 1 is 1.08 bits per heavy atom. The van der Waals surface area contributed by atoms with E-state index in [9.17, 15) is 18.8 Å². The third-order valence-corrected chi connectivity index (χ3v) is 5.48. The number of carbonyl (C=O) groups excluding carboxylic acids is 1. The maximum Gasteiger partial charge on any atom is 0.255 e. The van der Waals surface area contributed by atoms with Crippen molar-refractivity contribution in [2.45, 2.75) is 19.5 Å². The minimum Gasteiger partial charge on any atom is -0.381 e. The Labute approximate surface area is 205 Å². The summed E-state index contributed by atoms with van der Waals surface area (Å²) in [6.45, 7) is 2.08. The number of rotatable bonds is 7. The molecule has 0 fully saturated rings. The smallest absolute Gasteiger partial charge is 0.255 e. The first-order chi connectivity index (χ1) is 17.4. The van der Waals surface area contributed by atoms with Crippen LogP contribution in [0.15, 0.2) is 67.1 Å². The average Bonchev–Trinajstić information content (AvgIpc) is 2.89. The van der Waals surface area contributed by atoms with Gasteiger partial charge in [0.1, 0.15) is 29.7 Å². The van der Waals surface area contributed by atoms with Gasteiger partial charge in [0.25, 0.3) is 5.91 Å². The normalized spacial score (nSPS) is 11.4. The second kappa shape index (κ2) is 10.6. The zero-order valence-corrected chi connectivity index (χ0v) is 19.2. The first-order valence-corrected chi connectivity index (χ1v) is 10.9. The van der Waals surface area contributed by atoms with Crippen molar-refractivity contribution in [1.82, 2.24) is 20.3 Å². The van der Waals surface area contributed by atoms with E-state index >= 15 is 0 Å². The Morgan fingerprint density at radius 3 is 2.50 bits per heavy atom. The summed E-state index contributed by atoms with van der Waals surface area (Å²) in [5.41, 5.74) is 8.14. The van der Waals surface area contributed by atoms with Crippen LogP contribution in [-0.4, -0.2) is 20.9 Å². The summed E-state index contributed by atoms with van der Waals surface area (Å²) >= 11 is 0. The monoisotopic (exact) mass is 485 g/mol. The molecule has 4 N–H and O–H groups in total. The zero-order valence-electron chi connectivity index (χ0n) is 19.2. The van der Waals surface area contributed by atoms with Crippen molar-refractivity contribution < 1.29 is 13.6 Å². The van der Waals surface area contributed by atoms with Crippen molar-refractivity contribution in [3.8, 4) is 17.3 Å². The van der Waals surface area contributed by atoms with E-state index in [1.807, 2.05) is 6.07 Å². The van der Waals surface area contributed by atoms with Gasteiger partial charge < -0.3 is 16.4 Å². The fourth-order valence-corrected chi connectivity index (χ4v) is 3.50. The number of hydrogen-bond acceptors (Lipinski definition) is 7. The van der Waals surface area contributed by atoms with Crippen molar-refractivity contribution in [2.24, 2.45) is 0 Å². The lowest BCUT2D eigenvalue weighted by molar-refractivity contribution is 0.0940. The van der Waals surface area contributed by atoms with Crippen molar-refractivity contribution >= 4 is 17.5 Å². The number of hydrogen-bond donors (Lipinski definition) is 3. The van der Waals surface area contributed by atoms with Crippen LogP contribution in [0.4, 0.5) is 20.4 Å². The van der Waals surface area contributed by atoms with E-state index in [4.69, 9.17) is 5.73 Å². The van der Waals surface area contributed by atoms with E-state index in [-0.39, 0.29) is 34.3 Å². The maximum absolute atomic E-state index is 14.2. The lowest BCUT2D eigenvalue weighted by atomic mass is 10.1. The molecule has 0 aliphatic rings. The Hall–Kier alpha value is -4.91. The molecule has 1 unspecified atom stereocenters. The Morgan fingerprint density at radius 2 is 1.81 bits per heavy atom. The van der Waals surface area contributed by atoms with Crippen molar-refractivity contribution in [2.75, 3.05) is 11.1 Å². The number of nitrogen functional groups attached to an aromatic ring is 1. The molecule has 10 heteroatoms. The molecule has 0 aliphatic heterocycles.